The summed E-state index contributed by atoms with van der Waals surface area (Å²) in [6, 6.07) is 21.6. The smallest absolute Gasteiger partial charge is 0.254 e. The molecule has 1 saturated heterocycles. The summed E-state index contributed by atoms with van der Waals surface area (Å²) in [5.74, 6) is 0.704. The number of piperazine rings is 1. The zero-order valence-corrected chi connectivity index (χ0v) is 23.7. The normalized spacial score (nSPS) is 13.0. The number of carbonyl (C=O) groups excluding carboxylic acids is 3. The SMILES string of the molecule is COCCN(CC(=O)Nc1ccc(N2CCN(C(=O)c3ccc(OC)cc3)CC2)cc1)C(=O)c1cccc(OC)c1. The van der Waals surface area contributed by atoms with Crippen LogP contribution in [-0.2, 0) is 9.53 Å². The van der Waals surface area contributed by atoms with Crippen LogP contribution in [0.25, 0.3) is 0 Å². The van der Waals surface area contributed by atoms with Gasteiger partial charge in [0.2, 0.25) is 5.91 Å². The second kappa shape index (κ2) is 14.2. The Labute approximate surface area is 240 Å². The summed E-state index contributed by atoms with van der Waals surface area (Å²) < 4.78 is 15.5. The lowest BCUT2D eigenvalue weighted by atomic mass is 10.1. The number of nitrogens with zero attached hydrogens (tertiary/aromatic N) is 3. The van der Waals surface area contributed by atoms with Crippen molar-refractivity contribution in [3.8, 4) is 11.5 Å². The first-order valence-electron chi connectivity index (χ1n) is 13.4. The van der Waals surface area contributed by atoms with Crippen molar-refractivity contribution in [3.63, 3.8) is 0 Å². The topological polar surface area (TPSA) is 101 Å². The average molecular weight is 561 g/mol. The fourth-order valence-corrected chi connectivity index (χ4v) is 4.61. The molecular weight excluding hydrogens is 524 g/mol. The van der Waals surface area contributed by atoms with Gasteiger partial charge in [-0.3, -0.25) is 14.4 Å². The monoisotopic (exact) mass is 560 g/mol. The standard InChI is InChI=1S/C31H36N4O6/c1-39-20-19-35(31(38)24-5-4-6-28(21-24)41-3)22-29(36)32-25-9-11-26(12-10-25)33-15-17-34(18-16-33)30(37)23-7-13-27(40-2)14-8-23/h4-14,21H,15-20,22H2,1-3H3,(H,32,36). The van der Waals surface area contributed by atoms with Gasteiger partial charge in [-0.05, 0) is 66.7 Å². The molecule has 0 radical (unpaired) electrons. The first-order valence-corrected chi connectivity index (χ1v) is 13.4. The molecule has 1 fully saturated rings. The fourth-order valence-electron chi connectivity index (χ4n) is 4.61. The molecule has 3 aromatic rings. The summed E-state index contributed by atoms with van der Waals surface area (Å²) >= 11 is 0. The fraction of sp³-hybridized carbons (Fsp3) is 0.323. The molecule has 0 saturated carbocycles. The minimum Gasteiger partial charge on any atom is -0.497 e. The van der Waals surface area contributed by atoms with E-state index in [2.05, 4.69) is 10.2 Å². The van der Waals surface area contributed by atoms with E-state index < -0.39 is 0 Å². The first-order chi connectivity index (χ1) is 19.9. The number of carbonyl (C=O) groups is 3. The maximum Gasteiger partial charge on any atom is 0.254 e. The summed E-state index contributed by atoms with van der Waals surface area (Å²) in [7, 11) is 4.69. The number of benzene rings is 3. The van der Waals surface area contributed by atoms with Crippen molar-refractivity contribution in [2.24, 2.45) is 0 Å². The van der Waals surface area contributed by atoms with Crippen molar-refractivity contribution in [3.05, 3.63) is 83.9 Å². The third-order valence-electron chi connectivity index (χ3n) is 6.92. The highest BCUT2D eigenvalue weighted by molar-refractivity contribution is 5.99. The number of amides is 3. The van der Waals surface area contributed by atoms with E-state index in [1.165, 1.54) is 12.0 Å². The van der Waals surface area contributed by atoms with Gasteiger partial charge >= 0.3 is 0 Å². The van der Waals surface area contributed by atoms with Crippen LogP contribution >= 0.6 is 0 Å². The van der Waals surface area contributed by atoms with Gasteiger partial charge in [-0.1, -0.05) is 6.07 Å². The second-order valence-electron chi connectivity index (χ2n) is 9.55. The predicted octanol–water partition coefficient (Wildman–Crippen LogP) is 3.39. The molecule has 216 valence electrons. The van der Waals surface area contributed by atoms with E-state index in [9.17, 15) is 14.4 Å². The zero-order valence-electron chi connectivity index (χ0n) is 23.7. The van der Waals surface area contributed by atoms with E-state index in [1.54, 1.807) is 62.8 Å². The van der Waals surface area contributed by atoms with Crippen molar-refractivity contribution < 1.29 is 28.6 Å². The molecule has 10 nitrogen and oxygen atoms in total. The lowest BCUT2D eigenvalue weighted by Gasteiger charge is -2.36. The summed E-state index contributed by atoms with van der Waals surface area (Å²) in [6.45, 7) is 3.08. The molecule has 0 spiro atoms. The van der Waals surface area contributed by atoms with E-state index in [-0.39, 0.29) is 30.8 Å². The number of anilines is 2. The summed E-state index contributed by atoms with van der Waals surface area (Å²) in [5, 5.41) is 2.88. The minimum absolute atomic E-state index is 0.00906. The zero-order chi connectivity index (χ0) is 29.2. The first kappa shape index (κ1) is 29.4. The van der Waals surface area contributed by atoms with Crippen molar-refractivity contribution in [2.75, 3.05) is 77.4 Å². The third kappa shape index (κ3) is 7.76. The molecule has 1 aliphatic rings. The summed E-state index contributed by atoms with van der Waals surface area (Å²) in [6.07, 6.45) is 0. The van der Waals surface area contributed by atoms with Crippen molar-refractivity contribution in [1.82, 2.24) is 9.80 Å². The van der Waals surface area contributed by atoms with Gasteiger partial charge < -0.3 is 34.2 Å². The van der Waals surface area contributed by atoms with Crippen LogP contribution in [0.3, 0.4) is 0 Å². The van der Waals surface area contributed by atoms with Crippen LogP contribution in [0.1, 0.15) is 20.7 Å². The number of nitrogens with one attached hydrogen (secondary N) is 1. The molecule has 1 N–H and O–H groups in total. The van der Waals surface area contributed by atoms with E-state index >= 15 is 0 Å². The number of hydrogen-bond acceptors (Lipinski definition) is 7. The Balaban J connectivity index is 1.30. The van der Waals surface area contributed by atoms with Gasteiger partial charge in [0.25, 0.3) is 11.8 Å². The summed E-state index contributed by atoms with van der Waals surface area (Å²) in [4.78, 5) is 44.3. The Bertz CT molecular complexity index is 1320. The highest BCUT2D eigenvalue weighted by Crippen LogP contribution is 2.21. The van der Waals surface area contributed by atoms with Gasteiger partial charge in [0.1, 0.15) is 18.0 Å². The Morgan fingerprint density at radius 1 is 0.805 bits per heavy atom. The Morgan fingerprint density at radius 2 is 1.49 bits per heavy atom. The van der Waals surface area contributed by atoms with E-state index in [1.807, 2.05) is 29.2 Å². The minimum atomic E-state index is -0.309. The molecular formula is C31H36N4O6. The Morgan fingerprint density at radius 3 is 2.12 bits per heavy atom. The highest BCUT2D eigenvalue weighted by atomic mass is 16.5. The third-order valence-corrected chi connectivity index (χ3v) is 6.92. The molecule has 3 amide bonds. The van der Waals surface area contributed by atoms with Crippen LogP contribution in [0.4, 0.5) is 11.4 Å². The lowest BCUT2D eigenvalue weighted by molar-refractivity contribution is -0.117. The Hall–Kier alpha value is -4.57. The molecule has 4 rings (SSSR count). The van der Waals surface area contributed by atoms with Crippen LogP contribution in [0.5, 0.6) is 11.5 Å². The van der Waals surface area contributed by atoms with Crippen molar-refractivity contribution >= 4 is 29.1 Å². The van der Waals surface area contributed by atoms with Gasteiger partial charge in [0, 0.05) is 62.3 Å². The van der Waals surface area contributed by atoms with E-state index in [0.717, 1.165) is 11.4 Å². The van der Waals surface area contributed by atoms with Crippen LogP contribution < -0.4 is 19.7 Å². The van der Waals surface area contributed by atoms with E-state index in [0.29, 0.717) is 55.3 Å². The molecule has 10 heteroatoms. The summed E-state index contributed by atoms with van der Waals surface area (Å²) in [5.41, 5.74) is 2.72. The number of methoxy groups -OCH3 is 3. The predicted molar refractivity (Wildman–Crippen MR) is 157 cm³/mol. The van der Waals surface area contributed by atoms with Crippen molar-refractivity contribution in [2.45, 2.75) is 0 Å². The highest BCUT2D eigenvalue weighted by Gasteiger charge is 2.23. The maximum absolute atomic E-state index is 13.1. The molecule has 0 aliphatic carbocycles. The second-order valence-corrected chi connectivity index (χ2v) is 9.55. The van der Waals surface area contributed by atoms with Gasteiger partial charge in [0.05, 0.1) is 20.8 Å². The van der Waals surface area contributed by atoms with Gasteiger partial charge in [-0.2, -0.15) is 0 Å². The van der Waals surface area contributed by atoms with Gasteiger partial charge in [0.15, 0.2) is 0 Å². The lowest BCUT2D eigenvalue weighted by Crippen LogP contribution is -2.48. The molecule has 3 aromatic carbocycles. The average Bonchev–Trinajstić information content (AvgIpc) is 3.03. The Kier molecular flexibility index (Phi) is 10.2. The molecule has 0 atom stereocenters. The van der Waals surface area contributed by atoms with Crippen LogP contribution in [0.15, 0.2) is 72.8 Å². The van der Waals surface area contributed by atoms with Crippen LogP contribution in [0, 0.1) is 0 Å². The van der Waals surface area contributed by atoms with Crippen LogP contribution in [-0.4, -0.2) is 94.7 Å². The number of ether oxygens (including phenoxy) is 3. The molecule has 0 aromatic heterocycles. The van der Waals surface area contributed by atoms with E-state index in [4.69, 9.17) is 14.2 Å². The maximum atomic E-state index is 13.1. The largest absolute Gasteiger partial charge is 0.497 e. The van der Waals surface area contributed by atoms with Gasteiger partial charge in [-0.25, -0.2) is 0 Å². The quantitative estimate of drug-likeness (QED) is 0.384. The molecule has 1 heterocycles. The van der Waals surface area contributed by atoms with Crippen molar-refractivity contribution in [1.29, 1.82) is 0 Å². The van der Waals surface area contributed by atoms with Gasteiger partial charge in [-0.15, -0.1) is 0 Å². The molecule has 1 aliphatic heterocycles. The number of rotatable bonds is 11. The molecule has 0 bridgehead atoms. The molecule has 41 heavy (non-hydrogen) atoms. The molecule has 0 unspecified atom stereocenters. The van der Waals surface area contributed by atoms with Crippen LogP contribution in [0.2, 0.25) is 0 Å². The number of hydrogen-bond donors (Lipinski definition) is 1.